The molecule has 0 bridgehead atoms. The lowest BCUT2D eigenvalue weighted by Crippen LogP contribution is -2.44. The topological polar surface area (TPSA) is 96.1 Å². The van der Waals surface area contributed by atoms with Gasteiger partial charge in [-0.05, 0) is 17.7 Å². The first kappa shape index (κ1) is 15.3. The Morgan fingerprint density at radius 3 is 2.72 bits per heavy atom. The van der Waals surface area contributed by atoms with Gasteiger partial charge >= 0.3 is 6.03 Å². The van der Waals surface area contributed by atoms with Crippen LogP contribution in [0.2, 0.25) is 0 Å². The Morgan fingerprint density at radius 1 is 1.24 bits per heavy atom. The Labute approximate surface area is 144 Å². The largest absolute Gasteiger partial charge is 0.508 e. The lowest BCUT2D eigenvalue weighted by Gasteiger charge is -2.37. The van der Waals surface area contributed by atoms with Gasteiger partial charge in [0, 0.05) is 12.6 Å². The molecule has 3 amide bonds. The summed E-state index contributed by atoms with van der Waals surface area (Å²) in [5.41, 5.74) is 6.70. The number of urea groups is 1. The van der Waals surface area contributed by atoms with Crippen LogP contribution in [-0.4, -0.2) is 41.1 Å². The molecule has 2 aromatic carbocycles. The minimum absolute atomic E-state index is 0.0420. The van der Waals surface area contributed by atoms with Crippen LogP contribution in [0.3, 0.4) is 0 Å². The van der Waals surface area contributed by atoms with E-state index in [4.69, 9.17) is 10.5 Å². The van der Waals surface area contributed by atoms with Gasteiger partial charge in [0.2, 0.25) is 5.91 Å². The van der Waals surface area contributed by atoms with Crippen LogP contribution >= 0.6 is 0 Å². The summed E-state index contributed by atoms with van der Waals surface area (Å²) in [7, 11) is 0. The number of amides is 3. The molecule has 0 saturated carbocycles. The first-order valence-corrected chi connectivity index (χ1v) is 7.95. The maximum atomic E-state index is 12.8. The second-order valence-electron chi connectivity index (χ2n) is 6.17. The van der Waals surface area contributed by atoms with Crippen LogP contribution in [0.15, 0.2) is 48.5 Å². The number of nitrogens with two attached hydrogens (primary N) is 1. The number of anilines is 1. The lowest BCUT2D eigenvalue weighted by atomic mass is 9.99. The smallest absolute Gasteiger partial charge is 0.325 e. The van der Waals surface area contributed by atoms with E-state index in [1.54, 1.807) is 11.0 Å². The Hall–Kier alpha value is -3.22. The predicted octanol–water partition coefficient (Wildman–Crippen LogP) is 1.62. The monoisotopic (exact) mass is 339 g/mol. The van der Waals surface area contributed by atoms with E-state index in [1.165, 1.54) is 17.0 Å². The summed E-state index contributed by atoms with van der Waals surface area (Å²) < 4.78 is 6.14. The van der Waals surface area contributed by atoms with Crippen molar-refractivity contribution in [2.75, 3.05) is 18.0 Å². The number of hydrogen-bond acceptors (Lipinski definition) is 4. The van der Waals surface area contributed by atoms with E-state index in [1.807, 2.05) is 30.3 Å². The van der Waals surface area contributed by atoms with Gasteiger partial charge in [-0.25, -0.2) is 4.79 Å². The van der Waals surface area contributed by atoms with E-state index >= 15 is 0 Å². The average molecular weight is 339 g/mol. The number of nitrogens with zero attached hydrogens (tertiary/aromatic N) is 2. The summed E-state index contributed by atoms with van der Waals surface area (Å²) >= 11 is 0. The summed E-state index contributed by atoms with van der Waals surface area (Å²) in [6.45, 7) is 0.165. The van der Waals surface area contributed by atoms with Crippen molar-refractivity contribution in [1.29, 1.82) is 0 Å². The van der Waals surface area contributed by atoms with E-state index in [9.17, 15) is 14.7 Å². The molecule has 2 aliphatic rings. The maximum absolute atomic E-state index is 12.8. The molecule has 1 fully saturated rings. The Kier molecular flexibility index (Phi) is 3.49. The fourth-order valence-electron chi connectivity index (χ4n) is 3.45. The molecule has 128 valence electrons. The molecule has 0 spiro atoms. The predicted molar refractivity (Wildman–Crippen MR) is 90.3 cm³/mol. The molecule has 2 aromatic rings. The molecular weight excluding hydrogens is 322 g/mol. The van der Waals surface area contributed by atoms with Crippen LogP contribution in [0.5, 0.6) is 11.5 Å². The van der Waals surface area contributed by atoms with Gasteiger partial charge in [-0.2, -0.15) is 0 Å². The zero-order chi connectivity index (χ0) is 17.6. The summed E-state index contributed by atoms with van der Waals surface area (Å²) in [4.78, 5) is 27.1. The molecule has 3 N–H and O–H groups in total. The molecule has 7 nitrogen and oxygen atoms in total. The number of ether oxygens (including phenoxy) is 1. The van der Waals surface area contributed by atoms with Gasteiger partial charge in [0.15, 0.2) is 0 Å². The highest BCUT2D eigenvalue weighted by Crippen LogP contribution is 2.45. The van der Waals surface area contributed by atoms with Gasteiger partial charge in [0.25, 0.3) is 0 Å². The fourth-order valence-corrected chi connectivity index (χ4v) is 3.45. The van der Waals surface area contributed by atoms with E-state index in [0.717, 1.165) is 5.56 Å². The van der Waals surface area contributed by atoms with Crippen LogP contribution in [0.4, 0.5) is 10.5 Å². The zero-order valence-corrected chi connectivity index (χ0v) is 13.3. The third kappa shape index (κ3) is 2.53. The molecule has 2 atom stereocenters. The molecule has 2 heterocycles. The van der Waals surface area contributed by atoms with Gasteiger partial charge in [0.05, 0.1) is 11.7 Å². The van der Waals surface area contributed by atoms with Gasteiger partial charge in [-0.1, -0.05) is 30.3 Å². The molecule has 0 radical (unpaired) electrons. The molecule has 1 saturated heterocycles. The molecule has 7 heteroatoms. The Balaban J connectivity index is 1.79. The quantitative estimate of drug-likeness (QED) is 0.888. The molecule has 0 aliphatic carbocycles. The highest BCUT2D eigenvalue weighted by Gasteiger charge is 2.48. The van der Waals surface area contributed by atoms with Gasteiger partial charge in [0.1, 0.15) is 24.1 Å². The number of carbonyl (C=O) groups excluding carboxylic acids is 2. The number of aromatic hydroxyl groups is 1. The van der Waals surface area contributed by atoms with Crippen molar-refractivity contribution in [2.45, 2.75) is 12.1 Å². The first-order chi connectivity index (χ1) is 12.0. The van der Waals surface area contributed by atoms with Crippen LogP contribution in [0.1, 0.15) is 11.7 Å². The van der Waals surface area contributed by atoms with E-state index in [2.05, 4.69) is 0 Å². The second kappa shape index (κ2) is 5.70. The zero-order valence-electron chi connectivity index (χ0n) is 13.3. The van der Waals surface area contributed by atoms with Crippen molar-refractivity contribution in [3.05, 3.63) is 54.1 Å². The number of primary amides is 1. The van der Waals surface area contributed by atoms with E-state index in [-0.39, 0.29) is 30.5 Å². The molecule has 4 rings (SSSR count). The third-order valence-corrected chi connectivity index (χ3v) is 4.50. The van der Waals surface area contributed by atoms with Crippen LogP contribution < -0.4 is 15.4 Å². The van der Waals surface area contributed by atoms with Crippen LogP contribution in [0.25, 0.3) is 0 Å². The van der Waals surface area contributed by atoms with Crippen molar-refractivity contribution in [1.82, 2.24) is 4.90 Å². The molecule has 2 aliphatic heterocycles. The van der Waals surface area contributed by atoms with Gasteiger partial charge < -0.3 is 20.5 Å². The first-order valence-electron chi connectivity index (χ1n) is 7.95. The van der Waals surface area contributed by atoms with E-state index < -0.39 is 5.91 Å². The number of phenolic OH excluding ortho intramolecular Hbond substituents is 1. The average Bonchev–Trinajstić information content (AvgIpc) is 2.91. The Bertz CT molecular complexity index is 839. The Morgan fingerprint density at radius 2 is 2.00 bits per heavy atom. The van der Waals surface area contributed by atoms with Gasteiger partial charge in [-0.3, -0.25) is 9.69 Å². The van der Waals surface area contributed by atoms with Crippen molar-refractivity contribution < 1.29 is 19.4 Å². The van der Waals surface area contributed by atoms with Crippen molar-refractivity contribution in [3.8, 4) is 11.5 Å². The number of carbonyl (C=O) groups is 2. The van der Waals surface area contributed by atoms with E-state index in [0.29, 0.717) is 18.0 Å². The molecule has 25 heavy (non-hydrogen) atoms. The number of phenols is 1. The number of rotatable bonds is 3. The minimum atomic E-state index is -0.568. The fraction of sp³-hybridized carbons (Fsp3) is 0.222. The standard InChI is InChI=1S/C18H17N3O4/c19-16(23)10-20-9-14-17(11-4-2-1-3-5-11)25-15-7-6-12(22)8-13(15)21(14)18(20)24/h1-8,14,17,22H,9-10H2,(H2,19,23). The number of fused-ring (bicyclic) bond motifs is 3. The normalized spacial score (nSPS) is 21.5. The molecular formula is C18H17N3O4. The minimum Gasteiger partial charge on any atom is -0.508 e. The lowest BCUT2D eigenvalue weighted by molar-refractivity contribution is -0.118. The number of hydrogen-bond donors (Lipinski definition) is 2. The highest BCUT2D eigenvalue weighted by atomic mass is 16.5. The van der Waals surface area contributed by atoms with Crippen LogP contribution in [0, 0.1) is 0 Å². The van der Waals surface area contributed by atoms with Crippen molar-refractivity contribution in [2.24, 2.45) is 5.73 Å². The van der Waals surface area contributed by atoms with Gasteiger partial charge in [-0.15, -0.1) is 0 Å². The second-order valence-corrected chi connectivity index (χ2v) is 6.17. The number of benzene rings is 2. The summed E-state index contributed by atoms with van der Waals surface area (Å²) in [6, 6.07) is 13.6. The molecule has 2 unspecified atom stereocenters. The summed E-state index contributed by atoms with van der Waals surface area (Å²) in [5, 5.41) is 9.81. The molecule has 0 aromatic heterocycles. The summed E-state index contributed by atoms with van der Waals surface area (Å²) in [5.74, 6) is -0.0147. The van der Waals surface area contributed by atoms with Crippen molar-refractivity contribution >= 4 is 17.6 Å². The highest BCUT2D eigenvalue weighted by molar-refractivity contribution is 5.99. The summed E-state index contributed by atoms with van der Waals surface area (Å²) in [6.07, 6.45) is -0.375. The third-order valence-electron chi connectivity index (χ3n) is 4.50. The maximum Gasteiger partial charge on any atom is 0.325 e. The van der Waals surface area contributed by atoms with Crippen LogP contribution in [-0.2, 0) is 4.79 Å². The SMILES string of the molecule is NC(=O)CN1CC2C(c3ccccc3)Oc3ccc(O)cc3N2C1=O. The van der Waals surface area contributed by atoms with Crippen molar-refractivity contribution in [3.63, 3.8) is 0 Å².